The lowest BCUT2D eigenvalue weighted by atomic mass is 10.1. The molecule has 0 unspecified atom stereocenters. The van der Waals surface area contributed by atoms with Crippen molar-refractivity contribution in [3.8, 4) is 5.75 Å². The molecule has 0 bridgehead atoms. The average Bonchev–Trinajstić information content (AvgIpc) is 2.49. The molecule has 0 radical (unpaired) electrons. The maximum Gasteiger partial charge on any atom is 0.141 e. The maximum absolute atomic E-state index is 9.85. The number of nitrogens with zero attached hydrogens (tertiary/aromatic N) is 2. The van der Waals surface area contributed by atoms with E-state index >= 15 is 0 Å². The van der Waals surface area contributed by atoms with Gasteiger partial charge in [0.2, 0.25) is 0 Å². The number of piperazine rings is 1. The maximum atomic E-state index is 9.85. The second kappa shape index (κ2) is 6.20. The smallest absolute Gasteiger partial charge is 0.141 e. The van der Waals surface area contributed by atoms with Gasteiger partial charge >= 0.3 is 0 Å². The van der Waals surface area contributed by atoms with Crippen LogP contribution in [-0.4, -0.2) is 47.7 Å². The molecule has 2 aromatic rings. The standard InChI is InChI=1S/C16H21N3O/c20-15-5-1-3-13-6-7-14(18-16(13)15)4-2-10-19-11-8-17-9-12-19/h1,3,5-7,17,20H,2,4,8-12H2. The fourth-order valence-corrected chi connectivity index (χ4v) is 2.73. The van der Waals surface area contributed by atoms with Gasteiger partial charge in [-0.3, -0.25) is 0 Å². The van der Waals surface area contributed by atoms with Gasteiger partial charge in [0.25, 0.3) is 0 Å². The summed E-state index contributed by atoms with van der Waals surface area (Å²) in [4.78, 5) is 7.07. The van der Waals surface area contributed by atoms with E-state index in [1.54, 1.807) is 6.07 Å². The van der Waals surface area contributed by atoms with Crippen molar-refractivity contribution in [1.29, 1.82) is 0 Å². The van der Waals surface area contributed by atoms with Crippen molar-refractivity contribution in [1.82, 2.24) is 15.2 Å². The second-order valence-electron chi connectivity index (χ2n) is 5.35. The summed E-state index contributed by atoms with van der Waals surface area (Å²) in [5.74, 6) is 0.270. The number of aryl methyl sites for hydroxylation is 1. The third kappa shape index (κ3) is 3.08. The Labute approximate surface area is 119 Å². The van der Waals surface area contributed by atoms with E-state index in [1.165, 1.54) is 0 Å². The fraction of sp³-hybridized carbons (Fsp3) is 0.438. The van der Waals surface area contributed by atoms with E-state index in [9.17, 15) is 5.11 Å². The number of hydrogen-bond acceptors (Lipinski definition) is 4. The molecule has 2 heterocycles. The normalized spacial score (nSPS) is 16.6. The predicted octanol–water partition coefficient (Wildman–Crippen LogP) is 1.78. The Morgan fingerprint density at radius 2 is 2.00 bits per heavy atom. The van der Waals surface area contributed by atoms with E-state index in [0.717, 1.165) is 56.6 Å². The van der Waals surface area contributed by atoms with Crippen molar-refractivity contribution in [2.75, 3.05) is 32.7 Å². The molecule has 1 saturated heterocycles. The summed E-state index contributed by atoms with van der Waals surface area (Å²) in [6.07, 6.45) is 2.08. The van der Waals surface area contributed by atoms with Gasteiger partial charge in [-0.15, -0.1) is 0 Å². The molecule has 3 rings (SSSR count). The van der Waals surface area contributed by atoms with Gasteiger partial charge in [0.1, 0.15) is 11.3 Å². The molecule has 1 aliphatic heterocycles. The molecular formula is C16H21N3O. The molecular weight excluding hydrogens is 250 g/mol. The third-order valence-electron chi connectivity index (χ3n) is 3.87. The lowest BCUT2D eigenvalue weighted by molar-refractivity contribution is 0.238. The van der Waals surface area contributed by atoms with Crippen LogP contribution in [0.3, 0.4) is 0 Å². The summed E-state index contributed by atoms with van der Waals surface area (Å²) in [6.45, 7) is 5.62. The highest BCUT2D eigenvalue weighted by Crippen LogP contribution is 2.22. The molecule has 1 aromatic heterocycles. The van der Waals surface area contributed by atoms with Crippen LogP contribution in [0.25, 0.3) is 10.9 Å². The summed E-state index contributed by atoms with van der Waals surface area (Å²) >= 11 is 0. The number of hydrogen-bond donors (Lipinski definition) is 2. The van der Waals surface area contributed by atoms with Gasteiger partial charge < -0.3 is 15.3 Å². The molecule has 1 aliphatic rings. The van der Waals surface area contributed by atoms with Crippen LogP contribution in [0.5, 0.6) is 5.75 Å². The lowest BCUT2D eigenvalue weighted by Gasteiger charge is -2.26. The summed E-state index contributed by atoms with van der Waals surface area (Å²) in [6, 6.07) is 9.64. The Morgan fingerprint density at radius 3 is 2.85 bits per heavy atom. The molecule has 4 heteroatoms. The van der Waals surface area contributed by atoms with Crippen molar-refractivity contribution in [2.45, 2.75) is 12.8 Å². The molecule has 0 amide bonds. The lowest BCUT2D eigenvalue weighted by Crippen LogP contribution is -2.43. The topological polar surface area (TPSA) is 48.4 Å². The number of fused-ring (bicyclic) bond motifs is 1. The first-order chi connectivity index (χ1) is 9.83. The van der Waals surface area contributed by atoms with Gasteiger partial charge in [-0.2, -0.15) is 0 Å². The molecule has 0 spiro atoms. The SMILES string of the molecule is Oc1cccc2ccc(CCCN3CCNCC3)nc12. The van der Waals surface area contributed by atoms with Crippen LogP contribution in [0.1, 0.15) is 12.1 Å². The van der Waals surface area contributed by atoms with Crippen molar-refractivity contribution in [2.24, 2.45) is 0 Å². The molecule has 106 valence electrons. The number of benzene rings is 1. The number of aromatic nitrogens is 1. The van der Waals surface area contributed by atoms with Crippen molar-refractivity contribution in [3.63, 3.8) is 0 Å². The van der Waals surface area contributed by atoms with Crippen LogP contribution in [-0.2, 0) is 6.42 Å². The van der Waals surface area contributed by atoms with E-state index in [2.05, 4.69) is 21.3 Å². The number of phenols is 1. The number of phenolic OH excluding ortho intramolecular Hbond substituents is 1. The van der Waals surface area contributed by atoms with Crippen molar-refractivity contribution < 1.29 is 5.11 Å². The van der Waals surface area contributed by atoms with E-state index in [4.69, 9.17) is 0 Å². The second-order valence-corrected chi connectivity index (χ2v) is 5.35. The Morgan fingerprint density at radius 1 is 1.15 bits per heavy atom. The Bertz CT molecular complexity index is 579. The van der Waals surface area contributed by atoms with E-state index in [0.29, 0.717) is 5.52 Å². The van der Waals surface area contributed by atoms with E-state index in [-0.39, 0.29) is 5.75 Å². The zero-order valence-electron chi connectivity index (χ0n) is 11.7. The van der Waals surface area contributed by atoms with E-state index < -0.39 is 0 Å². The highest BCUT2D eigenvalue weighted by atomic mass is 16.3. The van der Waals surface area contributed by atoms with Crippen LogP contribution < -0.4 is 5.32 Å². The van der Waals surface area contributed by atoms with Gasteiger partial charge in [0.05, 0.1) is 0 Å². The van der Waals surface area contributed by atoms with Crippen molar-refractivity contribution >= 4 is 10.9 Å². The zero-order valence-corrected chi connectivity index (χ0v) is 11.7. The Hall–Kier alpha value is -1.65. The van der Waals surface area contributed by atoms with Gasteiger partial charge in [-0.05, 0) is 31.5 Å². The molecule has 0 atom stereocenters. The number of aromatic hydroxyl groups is 1. The quantitative estimate of drug-likeness (QED) is 0.890. The van der Waals surface area contributed by atoms with E-state index in [1.807, 2.05) is 18.2 Å². The van der Waals surface area contributed by atoms with Crippen LogP contribution in [0, 0.1) is 0 Å². The van der Waals surface area contributed by atoms with Crippen LogP contribution in [0.15, 0.2) is 30.3 Å². The first-order valence-corrected chi connectivity index (χ1v) is 7.33. The minimum absolute atomic E-state index is 0.270. The van der Waals surface area contributed by atoms with Crippen LogP contribution in [0.4, 0.5) is 0 Å². The molecule has 2 N–H and O–H groups in total. The highest BCUT2D eigenvalue weighted by molar-refractivity contribution is 5.84. The number of pyridine rings is 1. The monoisotopic (exact) mass is 271 g/mol. The Balaban J connectivity index is 1.61. The summed E-state index contributed by atoms with van der Waals surface area (Å²) in [5, 5.41) is 14.2. The summed E-state index contributed by atoms with van der Waals surface area (Å²) < 4.78 is 0. The number of rotatable bonds is 4. The van der Waals surface area contributed by atoms with Crippen LogP contribution >= 0.6 is 0 Å². The highest BCUT2D eigenvalue weighted by Gasteiger charge is 2.09. The Kier molecular flexibility index (Phi) is 4.14. The molecule has 20 heavy (non-hydrogen) atoms. The number of nitrogens with one attached hydrogen (secondary N) is 1. The fourth-order valence-electron chi connectivity index (χ4n) is 2.73. The summed E-state index contributed by atoms with van der Waals surface area (Å²) in [5.41, 5.74) is 1.78. The minimum Gasteiger partial charge on any atom is -0.506 e. The first-order valence-electron chi connectivity index (χ1n) is 7.33. The molecule has 0 saturated carbocycles. The van der Waals surface area contributed by atoms with Gasteiger partial charge in [0.15, 0.2) is 0 Å². The predicted molar refractivity (Wildman–Crippen MR) is 81.0 cm³/mol. The third-order valence-corrected chi connectivity index (χ3v) is 3.87. The molecule has 1 aromatic carbocycles. The molecule has 4 nitrogen and oxygen atoms in total. The first kappa shape index (κ1) is 13.3. The molecule has 0 aliphatic carbocycles. The largest absolute Gasteiger partial charge is 0.506 e. The zero-order chi connectivity index (χ0) is 13.8. The minimum atomic E-state index is 0.270. The van der Waals surface area contributed by atoms with Crippen molar-refractivity contribution in [3.05, 3.63) is 36.0 Å². The number of para-hydroxylation sites is 1. The van der Waals surface area contributed by atoms with Gasteiger partial charge in [-0.25, -0.2) is 4.98 Å². The average molecular weight is 271 g/mol. The van der Waals surface area contributed by atoms with Gasteiger partial charge in [0, 0.05) is 37.3 Å². The summed E-state index contributed by atoms with van der Waals surface area (Å²) in [7, 11) is 0. The van der Waals surface area contributed by atoms with Gasteiger partial charge in [-0.1, -0.05) is 18.2 Å². The molecule has 1 fully saturated rings. The van der Waals surface area contributed by atoms with Crippen LogP contribution in [0.2, 0.25) is 0 Å².